The summed E-state index contributed by atoms with van der Waals surface area (Å²) in [6, 6.07) is 34.4. The zero-order valence-electron chi connectivity index (χ0n) is 32.1. The molecule has 61 heavy (non-hydrogen) atoms. The number of nitrogens with one attached hydrogen (secondary N) is 1. The van der Waals surface area contributed by atoms with E-state index in [1.54, 1.807) is 80.0 Å². The van der Waals surface area contributed by atoms with Crippen molar-refractivity contribution >= 4 is 61.4 Å². The van der Waals surface area contributed by atoms with Gasteiger partial charge in [0.1, 0.15) is 11.4 Å². The molecule has 0 atom stereocenters. The topological polar surface area (TPSA) is 186 Å². The second-order valence-electron chi connectivity index (χ2n) is 12.5. The molecule has 8 rings (SSSR count). The molecule has 4 aromatic heterocycles. The number of benzene rings is 4. The van der Waals surface area contributed by atoms with Crippen molar-refractivity contribution in [1.29, 1.82) is 0 Å². The van der Waals surface area contributed by atoms with E-state index < -0.39 is 10.0 Å². The summed E-state index contributed by atoms with van der Waals surface area (Å²) in [5.74, 6) is 1.82. The van der Waals surface area contributed by atoms with Crippen LogP contribution in [0.4, 0.5) is 5.82 Å². The Kier molecular flexibility index (Phi) is 13.6. The number of halogens is 3. The number of aromatic nitrogens is 8. The molecule has 15 nitrogen and oxygen atoms in total. The maximum Gasteiger partial charge on any atom is 0.234 e. The lowest BCUT2D eigenvalue weighted by atomic mass is 10.0. The minimum absolute atomic E-state index is 0.0663. The predicted octanol–water partition coefficient (Wildman–Crippen LogP) is 9.57. The average Bonchev–Trinajstić information content (AvgIpc) is 3.29. The third-order valence-corrected chi connectivity index (χ3v) is 10.6. The minimum Gasteiger partial charge on any atom is -0.493 e. The van der Waals surface area contributed by atoms with E-state index in [2.05, 4.69) is 45.1 Å². The molecular weight excluding hydrogens is 865 g/mol. The van der Waals surface area contributed by atoms with E-state index in [0.29, 0.717) is 34.4 Å². The number of aryl methyl sites for hydroxylation is 1. The van der Waals surface area contributed by atoms with Crippen molar-refractivity contribution in [1.82, 2.24) is 40.3 Å². The van der Waals surface area contributed by atoms with Crippen LogP contribution >= 0.6 is 34.8 Å². The molecule has 4 aromatic carbocycles. The summed E-state index contributed by atoms with van der Waals surface area (Å²) in [7, 11) is -0.859. The summed E-state index contributed by atoms with van der Waals surface area (Å²) in [5, 5.41) is 17.6. The van der Waals surface area contributed by atoms with E-state index in [1.807, 2.05) is 48.5 Å². The minimum atomic E-state index is -3.89. The first-order valence-electron chi connectivity index (χ1n) is 18.1. The van der Waals surface area contributed by atoms with Gasteiger partial charge in [0.15, 0.2) is 55.9 Å². The fourth-order valence-electron chi connectivity index (χ4n) is 5.71. The summed E-state index contributed by atoms with van der Waals surface area (Å²) in [6.45, 7) is 0. The summed E-state index contributed by atoms with van der Waals surface area (Å²) < 4.78 is 51.3. The molecule has 0 saturated heterocycles. The second-order valence-corrected chi connectivity index (χ2v) is 15.4. The van der Waals surface area contributed by atoms with Crippen molar-refractivity contribution in [3.05, 3.63) is 149 Å². The molecule has 0 unspecified atom stereocenters. The molecule has 0 amide bonds. The zero-order chi connectivity index (χ0) is 42.8. The maximum absolute atomic E-state index is 13.3. The molecule has 0 spiro atoms. The zero-order valence-corrected chi connectivity index (χ0v) is 35.2. The molecule has 0 bridgehead atoms. The molecule has 0 fully saturated rings. The molecule has 0 aliphatic rings. The molecule has 0 radical (unpaired) electrons. The normalized spacial score (nSPS) is 11.0. The Balaban J connectivity index is 0.000000208. The van der Waals surface area contributed by atoms with Gasteiger partial charge in [-0.1, -0.05) is 102 Å². The molecule has 1 N–H and O–H groups in total. The molecule has 0 aliphatic heterocycles. The Bertz CT molecular complexity index is 2880. The molecular formula is C42H32Cl3N9O6S. The van der Waals surface area contributed by atoms with Gasteiger partial charge in [-0.3, -0.25) is 4.72 Å². The van der Waals surface area contributed by atoms with Crippen LogP contribution in [0.3, 0.4) is 0 Å². The number of rotatable bonds is 13. The number of nitrogens with zero attached hydrogens (tertiary/aromatic N) is 8. The molecule has 308 valence electrons. The highest BCUT2D eigenvalue weighted by Gasteiger charge is 2.23. The Morgan fingerprint density at radius 2 is 1.05 bits per heavy atom. The Morgan fingerprint density at radius 3 is 1.61 bits per heavy atom. The third kappa shape index (κ3) is 10.5. The van der Waals surface area contributed by atoms with Gasteiger partial charge >= 0.3 is 0 Å². The largest absolute Gasteiger partial charge is 0.493 e. The first-order valence-corrected chi connectivity index (χ1v) is 20.9. The van der Waals surface area contributed by atoms with Crippen molar-refractivity contribution in [3.8, 4) is 57.5 Å². The predicted molar refractivity (Wildman–Crippen MR) is 232 cm³/mol. The fourth-order valence-corrected chi connectivity index (χ4v) is 7.41. The van der Waals surface area contributed by atoms with E-state index in [0.717, 1.165) is 16.3 Å². The van der Waals surface area contributed by atoms with Gasteiger partial charge in [0.25, 0.3) is 0 Å². The Labute approximate surface area is 364 Å². The lowest BCUT2D eigenvalue weighted by molar-refractivity contribution is 0.378. The van der Waals surface area contributed by atoms with E-state index in [9.17, 15) is 8.42 Å². The van der Waals surface area contributed by atoms with Crippen molar-refractivity contribution in [2.24, 2.45) is 0 Å². The first kappa shape index (κ1) is 42.4. The van der Waals surface area contributed by atoms with Crippen LogP contribution in [-0.4, -0.2) is 68.7 Å². The number of fused-ring (bicyclic) bond motifs is 1. The van der Waals surface area contributed by atoms with Crippen LogP contribution in [0.1, 0.15) is 5.56 Å². The average molecular weight is 897 g/mol. The van der Waals surface area contributed by atoms with Crippen LogP contribution in [0, 0.1) is 0 Å². The van der Waals surface area contributed by atoms with Crippen LogP contribution in [-0.2, 0) is 16.4 Å². The molecule has 0 aliphatic carbocycles. The van der Waals surface area contributed by atoms with E-state index in [-0.39, 0.29) is 56.6 Å². The van der Waals surface area contributed by atoms with Gasteiger partial charge in [-0.05, 0) is 71.3 Å². The van der Waals surface area contributed by atoms with Crippen LogP contribution in [0.25, 0.3) is 33.8 Å². The Morgan fingerprint density at radius 1 is 0.557 bits per heavy atom. The van der Waals surface area contributed by atoms with Crippen LogP contribution in [0.5, 0.6) is 34.5 Å². The lowest BCUT2D eigenvalue weighted by Crippen LogP contribution is -2.20. The number of ether oxygens (including phenoxy) is 4. The second kappa shape index (κ2) is 19.6. The van der Waals surface area contributed by atoms with Gasteiger partial charge in [-0.2, -0.15) is 10.2 Å². The highest BCUT2D eigenvalue weighted by atomic mass is 35.5. The summed E-state index contributed by atoms with van der Waals surface area (Å²) in [4.78, 5) is 17.0. The number of methoxy groups -OCH3 is 2. The highest BCUT2D eigenvalue weighted by molar-refractivity contribution is 7.92. The van der Waals surface area contributed by atoms with E-state index in [4.69, 9.17) is 53.8 Å². The third-order valence-electron chi connectivity index (χ3n) is 8.54. The SMILES string of the molecule is COc1ccccc1Oc1c(Cl)nc(-c2cccnn2)nc1Cl.COc1ccccc1Oc1c(Cl)nc(-c2cccnn2)nc1NS(=O)(=O)CCc1cccc2ccccc12. The van der Waals surface area contributed by atoms with Gasteiger partial charge < -0.3 is 18.9 Å². The first-order chi connectivity index (χ1) is 29.6. The number of hydrogen-bond acceptors (Lipinski definition) is 14. The monoisotopic (exact) mass is 895 g/mol. The smallest absolute Gasteiger partial charge is 0.234 e. The fraction of sp³-hybridized carbons (Fsp3) is 0.0952. The number of anilines is 1. The van der Waals surface area contributed by atoms with E-state index >= 15 is 0 Å². The van der Waals surface area contributed by atoms with Gasteiger partial charge in [-0.25, -0.2) is 28.4 Å². The maximum atomic E-state index is 13.3. The van der Waals surface area contributed by atoms with Gasteiger partial charge in [0, 0.05) is 12.4 Å². The molecule has 0 saturated carbocycles. The lowest BCUT2D eigenvalue weighted by Gasteiger charge is -2.16. The van der Waals surface area contributed by atoms with Gasteiger partial charge in [-0.15, -0.1) is 10.2 Å². The van der Waals surface area contributed by atoms with Crippen molar-refractivity contribution in [3.63, 3.8) is 0 Å². The highest BCUT2D eigenvalue weighted by Crippen LogP contribution is 2.40. The molecule has 19 heteroatoms. The summed E-state index contributed by atoms with van der Waals surface area (Å²) in [5.41, 5.74) is 1.69. The van der Waals surface area contributed by atoms with Crippen LogP contribution in [0.2, 0.25) is 15.5 Å². The molecule has 4 heterocycles. The van der Waals surface area contributed by atoms with Crippen molar-refractivity contribution in [2.45, 2.75) is 6.42 Å². The quantitative estimate of drug-likeness (QED) is 0.108. The number of para-hydroxylation sites is 4. The van der Waals surface area contributed by atoms with Gasteiger partial charge in [0.2, 0.25) is 21.5 Å². The van der Waals surface area contributed by atoms with Crippen molar-refractivity contribution < 1.29 is 27.4 Å². The Hall–Kier alpha value is -6.72. The molecule has 8 aromatic rings. The van der Waals surface area contributed by atoms with Crippen LogP contribution in [0.15, 0.2) is 128 Å². The standard InChI is InChI=1S/C27H22ClN5O4S.C15H10Cl2N4O2/c1-36-22-13-4-5-14-23(22)37-24-25(28)30-26(21-12-7-16-29-32-21)31-27(24)33-38(34,35)17-15-19-10-6-9-18-8-2-3-11-20(18)19;1-22-10-6-2-3-7-11(10)23-12-13(16)19-15(20-14(12)17)9-5-4-8-18-21-9/h2-14,16H,15,17H2,1H3,(H,30,31,33);2-8H,1H3. The van der Waals surface area contributed by atoms with Crippen molar-refractivity contribution in [2.75, 3.05) is 24.7 Å². The summed E-state index contributed by atoms with van der Waals surface area (Å²) >= 11 is 18.9. The number of sulfonamides is 1. The van der Waals surface area contributed by atoms with Gasteiger partial charge in [0.05, 0.1) is 20.0 Å². The van der Waals surface area contributed by atoms with Crippen LogP contribution < -0.4 is 23.7 Å². The number of hydrogen-bond donors (Lipinski definition) is 1. The van der Waals surface area contributed by atoms with E-state index in [1.165, 1.54) is 13.3 Å². The summed E-state index contributed by atoms with van der Waals surface area (Å²) in [6.07, 6.45) is 3.34.